The number of nitrogens with zero attached hydrogens (tertiary/aromatic N) is 3. The second-order valence-electron chi connectivity index (χ2n) is 20.2. The maximum Gasteiger partial charge on any atom is 0.125 e. The van der Waals surface area contributed by atoms with Crippen molar-refractivity contribution in [2.75, 3.05) is 9.80 Å². The fourth-order valence-electron chi connectivity index (χ4n) is 11.8. The molecule has 0 fully saturated rings. The van der Waals surface area contributed by atoms with Gasteiger partial charge in [-0.3, -0.25) is 0 Å². The summed E-state index contributed by atoms with van der Waals surface area (Å²) in [6.45, 7) is 0. The van der Waals surface area contributed by atoms with Gasteiger partial charge in [-0.15, -0.1) is 0 Å². The molecule has 0 aliphatic rings. The topological polar surface area (TPSA) is 11.4 Å². The standard InChI is InChI=1S/C74H47F4N3/c75-54-14-8-18-61(44-54)79(62-19-9-15-55(76)45-62)58-34-26-48(27-35-58)52-32-40-71-69(42-52)70-43-53(49-28-36-59(37-29-49)80(63-20-10-16-56(77)46-63)64-21-11-17-57(78)47-64)33-41-72(70)81(71)60-38-30-51(31-39-60)74-67-24-6-4-22-65(67)73(50-12-2-1-3-13-50)66-23-5-7-25-68(66)74/h1-47H. The molecule has 3 nitrogen and oxygen atoms in total. The average molecular weight is 1050 g/mol. The van der Waals surface area contributed by atoms with Gasteiger partial charge in [0, 0.05) is 50.6 Å². The Morgan fingerprint density at radius 2 is 0.543 bits per heavy atom. The van der Waals surface area contributed by atoms with Crippen LogP contribution in [-0.2, 0) is 0 Å². The lowest BCUT2D eigenvalue weighted by Crippen LogP contribution is -2.10. The van der Waals surface area contributed by atoms with Crippen molar-refractivity contribution in [1.82, 2.24) is 4.57 Å². The first-order valence-electron chi connectivity index (χ1n) is 26.8. The molecule has 0 atom stereocenters. The second-order valence-corrected chi connectivity index (χ2v) is 20.2. The molecular formula is C74H47F4N3. The van der Waals surface area contributed by atoms with Crippen molar-refractivity contribution in [2.24, 2.45) is 0 Å². The zero-order valence-electron chi connectivity index (χ0n) is 43.5. The van der Waals surface area contributed by atoms with E-state index in [1.807, 2.05) is 82.6 Å². The van der Waals surface area contributed by atoms with E-state index in [4.69, 9.17) is 0 Å². The van der Waals surface area contributed by atoms with Gasteiger partial charge in [0.05, 0.1) is 11.0 Å². The monoisotopic (exact) mass is 1050 g/mol. The highest BCUT2D eigenvalue weighted by Gasteiger charge is 2.21. The van der Waals surface area contributed by atoms with Gasteiger partial charge in [-0.05, 0) is 200 Å². The number of hydrogen-bond donors (Lipinski definition) is 0. The fourth-order valence-corrected chi connectivity index (χ4v) is 11.8. The lowest BCUT2D eigenvalue weighted by atomic mass is 9.86. The van der Waals surface area contributed by atoms with E-state index < -0.39 is 23.3 Å². The smallest absolute Gasteiger partial charge is 0.125 e. The Hall–Kier alpha value is -10.5. The summed E-state index contributed by atoms with van der Waals surface area (Å²) < 4.78 is 61.2. The molecule has 386 valence electrons. The van der Waals surface area contributed by atoms with Gasteiger partial charge >= 0.3 is 0 Å². The van der Waals surface area contributed by atoms with Crippen LogP contribution in [0.4, 0.5) is 51.7 Å². The molecule has 0 radical (unpaired) electrons. The predicted octanol–water partition coefficient (Wildman–Crippen LogP) is 21.3. The minimum atomic E-state index is -0.390. The Morgan fingerprint density at radius 1 is 0.222 bits per heavy atom. The van der Waals surface area contributed by atoms with Crippen LogP contribution in [0.3, 0.4) is 0 Å². The largest absolute Gasteiger partial charge is 0.310 e. The number of benzene rings is 13. The van der Waals surface area contributed by atoms with E-state index in [1.165, 1.54) is 86.8 Å². The Kier molecular flexibility index (Phi) is 12.3. The molecule has 0 saturated heterocycles. The summed E-state index contributed by atoms with van der Waals surface area (Å²) in [4.78, 5) is 3.69. The minimum absolute atomic E-state index is 0.390. The molecule has 0 aliphatic carbocycles. The van der Waals surface area contributed by atoms with Gasteiger partial charge in [-0.2, -0.15) is 0 Å². The molecule has 13 aromatic carbocycles. The maximum absolute atomic E-state index is 14.7. The lowest BCUT2D eigenvalue weighted by molar-refractivity contribution is 0.626. The predicted molar refractivity (Wildman–Crippen MR) is 327 cm³/mol. The highest BCUT2D eigenvalue weighted by molar-refractivity contribution is 6.21. The van der Waals surface area contributed by atoms with Gasteiger partial charge in [0.25, 0.3) is 0 Å². The van der Waals surface area contributed by atoms with Crippen molar-refractivity contribution < 1.29 is 17.6 Å². The Labute approximate surface area is 465 Å². The van der Waals surface area contributed by atoms with Crippen LogP contribution in [0.1, 0.15) is 0 Å². The molecule has 1 heterocycles. The van der Waals surface area contributed by atoms with Gasteiger partial charge in [0.2, 0.25) is 0 Å². The van der Waals surface area contributed by atoms with Crippen molar-refractivity contribution in [3.8, 4) is 50.2 Å². The molecule has 0 bridgehead atoms. The van der Waals surface area contributed by atoms with Crippen molar-refractivity contribution in [3.05, 3.63) is 308 Å². The molecule has 1 aromatic heterocycles. The number of rotatable bonds is 11. The van der Waals surface area contributed by atoms with E-state index in [9.17, 15) is 17.6 Å². The summed E-state index contributed by atoms with van der Waals surface area (Å²) in [5, 5.41) is 6.87. The Bertz CT molecular complexity index is 4340. The van der Waals surface area contributed by atoms with Gasteiger partial charge in [0.15, 0.2) is 0 Å². The third-order valence-corrected chi connectivity index (χ3v) is 15.4. The van der Waals surface area contributed by atoms with Crippen molar-refractivity contribution in [2.45, 2.75) is 0 Å². The minimum Gasteiger partial charge on any atom is -0.310 e. The van der Waals surface area contributed by atoms with Gasteiger partial charge in [-0.25, -0.2) is 17.6 Å². The highest BCUT2D eigenvalue weighted by atomic mass is 19.1. The van der Waals surface area contributed by atoms with E-state index in [-0.39, 0.29) is 0 Å². The van der Waals surface area contributed by atoms with Gasteiger partial charge < -0.3 is 14.4 Å². The molecule has 7 heteroatoms. The number of aromatic nitrogens is 1. The highest BCUT2D eigenvalue weighted by Crippen LogP contribution is 2.45. The fraction of sp³-hybridized carbons (Fsp3) is 0. The molecule has 0 unspecified atom stereocenters. The zero-order chi connectivity index (χ0) is 54.6. The first kappa shape index (κ1) is 48.8. The van der Waals surface area contributed by atoms with E-state index in [0.717, 1.165) is 66.7 Å². The van der Waals surface area contributed by atoms with Gasteiger partial charge in [0.1, 0.15) is 23.3 Å². The zero-order valence-corrected chi connectivity index (χ0v) is 43.5. The van der Waals surface area contributed by atoms with E-state index in [0.29, 0.717) is 22.7 Å². The summed E-state index contributed by atoms with van der Waals surface area (Å²) in [6, 6.07) is 91.4. The Balaban J connectivity index is 0.894. The lowest BCUT2D eigenvalue weighted by Gasteiger charge is -2.25. The second kappa shape index (κ2) is 20.4. The SMILES string of the molecule is Fc1cccc(N(c2ccc(-c3ccc4c(c3)c3cc(-c5ccc(N(c6cccc(F)c6)c6cccc(F)c6)cc5)ccc3n4-c3ccc(-c4c5ccccc5c(-c5ccccc5)c5ccccc45)cc3)cc2)c2cccc(F)c2)c1. The summed E-state index contributed by atoms with van der Waals surface area (Å²) in [5.41, 5.74) is 15.5. The quantitative estimate of drug-likeness (QED) is 0.0945. The average Bonchev–Trinajstić information content (AvgIpc) is 3.97. The van der Waals surface area contributed by atoms with Gasteiger partial charge in [-0.1, -0.05) is 152 Å². The van der Waals surface area contributed by atoms with Crippen LogP contribution in [0.25, 0.3) is 93.5 Å². The third kappa shape index (κ3) is 9.01. The summed E-state index contributed by atoms with van der Waals surface area (Å²) >= 11 is 0. The van der Waals surface area contributed by atoms with Crippen LogP contribution in [0, 0.1) is 23.3 Å². The van der Waals surface area contributed by atoms with Crippen molar-refractivity contribution in [3.63, 3.8) is 0 Å². The summed E-state index contributed by atoms with van der Waals surface area (Å²) in [5.74, 6) is -1.56. The van der Waals surface area contributed by atoms with Crippen LogP contribution in [0.5, 0.6) is 0 Å². The molecule has 0 saturated carbocycles. The molecule has 0 amide bonds. The molecule has 0 aliphatic heterocycles. The van der Waals surface area contributed by atoms with E-state index in [1.54, 1.807) is 24.3 Å². The molecular weight excluding hydrogens is 1010 g/mol. The molecule has 0 spiro atoms. The third-order valence-electron chi connectivity index (χ3n) is 15.4. The van der Waals surface area contributed by atoms with Crippen LogP contribution < -0.4 is 9.80 Å². The van der Waals surface area contributed by atoms with Crippen molar-refractivity contribution >= 4 is 77.5 Å². The van der Waals surface area contributed by atoms with E-state index >= 15 is 0 Å². The number of halogens is 4. The number of hydrogen-bond acceptors (Lipinski definition) is 2. The Morgan fingerprint density at radius 3 is 0.901 bits per heavy atom. The summed E-state index contributed by atoms with van der Waals surface area (Å²) in [7, 11) is 0. The number of anilines is 6. The molecule has 81 heavy (non-hydrogen) atoms. The van der Waals surface area contributed by atoms with E-state index in [2.05, 4.69) is 144 Å². The molecule has 14 aromatic rings. The molecule has 0 N–H and O–H groups in total. The number of fused-ring (bicyclic) bond motifs is 5. The van der Waals surface area contributed by atoms with Crippen LogP contribution in [-0.4, -0.2) is 4.57 Å². The maximum atomic E-state index is 14.7. The summed E-state index contributed by atoms with van der Waals surface area (Å²) in [6.07, 6.45) is 0. The normalized spacial score (nSPS) is 11.5. The first-order chi connectivity index (χ1) is 39.8. The van der Waals surface area contributed by atoms with Crippen LogP contribution >= 0.6 is 0 Å². The molecule has 14 rings (SSSR count). The first-order valence-corrected chi connectivity index (χ1v) is 26.8. The van der Waals surface area contributed by atoms with Crippen LogP contribution in [0.2, 0.25) is 0 Å². The van der Waals surface area contributed by atoms with Crippen molar-refractivity contribution in [1.29, 1.82) is 0 Å². The van der Waals surface area contributed by atoms with Crippen LogP contribution in [0.15, 0.2) is 285 Å².